The van der Waals surface area contributed by atoms with Gasteiger partial charge in [-0.15, -0.1) is 0 Å². The zero-order chi connectivity index (χ0) is 14.7. The number of hydrogen-bond donors (Lipinski definition) is 1. The molecule has 0 atom stereocenters. The monoisotopic (exact) mass is 293 g/mol. The molecule has 3 aliphatic heterocycles. The van der Waals surface area contributed by atoms with Gasteiger partial charge in [-0.05, 0) is 103 Å². The maximum atomic E-state index is 3.49. The first-order valence-electron chi connectivity index (χ1n) is 9.34. The molecular weight excluding hydrogens is 258 g/mol. The molecule has 0 bridgehead atoms. The van der Waals surface area contributed by atoms with Crippen molar-refractivity contribution in [3.63, 3.8) is 0 Å². The fourth-order valence-corrected chi connectivity index (χ4v) is 4.65. The molecule has 0 aliphatic carbocycles. The van der Waals surface area contributed by atoms with E-state index in [-0.39, 0.29) is 0 Å². The molecule has 0 amide bonds. The Morgan fingerprint density at radius 2 is 1.52 bits per heavy atom. The van der Waals surface area contributed by atoms with Crippen molar-refractivity contribution in [3.05, 3.63) is 0 Å². The third-order valence-electron chi connectivity index (χ3n) is 6.48. The summed E-state index contributed by atoms with van der Waals surface area (Å²) in [5.74, 6) is 0.961. The van der Waals surface area contributed by atoms with Crippen LogP contribution in [0.3, 0.4) is 0 Å². The summed E-state index contributed by atoms with van der Waals surface area (Å²) in [7, 11) is 0. The Labute approximate surface area is 131 Å². The van der Waals surface area contributed by atoms with Crippen molar-refractivity contribution in [3.8, 4) is 0 Å². The second kappa shape index (κ2) is 6.97. The van der Waals surface area contributed by atoms with Gasteiger partial charge in [0.1, 0.15) is 0 Å². The van der Waals surface area contributed by atoms with Crippen molar-refractivity contribution in [2.24, 2.45) is 11.3 Å². The fraction of sp³-hybridized carbons (Fsp3) is 1.00. The lowest BCUT2D eigenvalue weighted by molar-refractivity contribution is 0.0197. The maximum Gasteiger partial charge on any atom is 0.00385 e. The summed E-state index contributed by atoms with van der Waals surface area (Å²) >= 11 is 0. The van der Waals surface area contributed by atoms with E-state index in [1.165, 1.54) is 84.3 Å². The van der Waals surface area contributed by atoms with Crippen LogP contribution in [0.25, 0.3) is 0 Å². The molecule has 3 rings (SSSR count). The van der Waals surface area contributed by atoms with Gasteiger partial charge in [0.15, 0.2) is 0 Å². The van der Waals surface area contributed by atoms with Crippen LogP contribution in [0, 0.1) is 11.3 Å². The second-order valence-corrected chi connectivity index (χ2v) is 8.12. The summed E-state index contributed by atoms with van der Waals surface area (Å²) < 4.78 is 0. The largest absolute Gasteiger partial charge is 0.317 e. The van der Waals surface area contributed by atoms with Gasteiger partial charge in [-0.25, -0.2) is 0 Å². The lowest BCUT2D eigenvalue weighted by Gasteiger charge is -2.48. The average molecular weight is 293 g/mol. The smallest absolute Gasteiger partial charge is 0.00385 e. The summed E-state index contributed by atoms with van der Waals surface area (Å²) in [4.78, 5) is 5.45. The van der Waals surface area contributed by atoms with Crippen molar-refractivity contribution in [1.29, 1.82) is 0 Å². The van der Waals surface area contributed by atoms with Crippen LogP contribution in [-0.4, -0.2) is 61.7 Å². The molecule has 3 nitrogen and oxygen atoms in total. The molecule has 3 aliphatic rings. The quantitative estimate of drug-likeness (QED) is 0.863. The lowest BCUT2D eigenvalue weighted by Crippen LogP contribution is -2.49. The Morgan fingerprint density at radius 3 is 2.10 bits per heavy atom. The molecule has 0 aromatic carbocycles. The predicted octanol–water partition coefficient (Wildman–Crippen LogP) is 2.57. The van der Waals surface area contributed by atoms with Crippen molar-refractivity contribution in [2.75, 3.05) is 45.8 Å². The Hall–Kier alpha value is -0.120. The van der Waals surface area contributed by atoms with Crippen LogP contribution in [-0.2, 0) is 0 Å². The Bertz CT molecular complexity index is 304. The first kappa shape index (κ1) is 15.8. The van der Waals surface area contributed by atoms with E-state index < -0.39 is 0 Å². The molecule has 0 unspecified atom stereocenters. The van der Waals surface area contributed by atoms with E-state index in [2.05, 4.69) is 29.0 Å². The molecular formula is C18H35N3. The summed E-state index contributed by atoms with van der Waals surface area (Å²) in [5, 5.41) is 3.49. The number of hydrogen-bond acceptors (Lipinski definition) is 3. The van der Waals surface area contributed by atoms with Gasteiger partial charge in [-0.3, -0.25) is 0 Å². The Balaban J connectivity index is 1.42. The van der Waals surface area contributed by atoms with Crippen LogP contribution in [0.1, 0.15) is 52.4 Å². The lowest BCUT2D eigenvalue weighted by atomic mass is 9.71. The second-order valence-electron chi connectivity index (χ2n) is 8.12. The summed E-state index contributed by atoms with van der Waals surface area (Å²) in [6, 6.07) is 0.738. The van der Waals surface area contributed by atoms with Gasteiger partial charge in [0.05, 0.1) is 0 Å². The molecule has 0 aromatic heterocycles. The topological polar surface area (TPSA) is 18.5 Å². The van der Waals surface area contributed by atoms with Gasteiger partial charge in [0.2, 0.25) is 0 Å². The zero-order valence-electron chi connectivity index (χ0n) is 14.2. The number of likely N-dealkylation sites (tertiary alicyclic amines) is 2. The van der Waals surface area contributed by atoms with E-state index in [0.717, 1.165) is 12.0 Å². The molecule has 1 spiro atoms. The van der Waals surface area contributed by atoms with E-state index in [1.807, 2.05) is 0 Å². The van der Waals surface area contributed by atoms with E-state index in [0.29, 0.717) is 5.41 Å². The fourth-order valence-electron chi connectivity index (χ4n) is 4.65. The Kier molecular flexibility index (Phi) is 5.23. The van der Waals surface area contributed by atoms with Crippen LogP contribution < -0.4 is 5.32 Å². The average Bonchev–Trinajstić information content (AvgIpc) is 2.51. The SMILES string of the molecule is CC(C)N1CCC2(CCN(CC3CCNCC3)CC2)CC1. The van der Waals surface area contributed by atoms with Crippen LogP contribution in [0.15, 0.2) is 0 Å². The molecule has 3 fully saturated rings. The minimum absolute atomic E-state index is 0.704. The van der Waals surface area contributed by atoms with Crippen LogP contribution >= 0.6 is 0 Å². The van der Waals surface area contributed by atoms with Crippen molar-refractivity contribution in [1.82, 2.24) is 15.1 Å². The molecule has 0 aromatic rings. The highest BCUT2D eigenvalue weighted by Gasteiger charge is 2.38. The standard InChI is InChI=1S/C18H35N3/c1-16(2)21-13-7-18(8-14-21)5-11-20(12-6-18)15-17-3-9-19-10-4-17/h16-17,19H,3-15H2,1-2H3. The number of nitrogens with zero attached hydrogens (tertiary/aromatic N) is 2. The van der Waals surface area contributed by atoms with Crippen LogP contribution in [0.2, 0.25) is 0 Å². The molecule has 3 saturated heterocycles. The molecule has 0 saturated carbocycles. The normalized spacial score (nSPS) is 29.3. The van der Waals surface area contributed by atoms with Gasteiger partial charge in [-0.2, -0.15) is 0 Å². The number of piperidine rings is 3. The molecule has 21 heavy (non-hydrogen) atoms. The van der Waals surface area contributed by atoms with Gasteiger partial charge in [-0.1, -0.05) is 0 Å². The first-order valence-corrected chi connectivity index (χ1v) is 9.34. The highest BCUT2D eigenvalue weighted by molar-refractivity contribution is 4.91. The van der Waals surface area contributed by atoms with Crippen LogP contribution in [0.5, 0.6) is 0 Å². The van der Waals surface area contributed by atoms with Crippen molar-refractivity contribution >= 4 is 0 Å². The van der Waals surface area contributed by atoms with E-state index in [9.17, 15) is 0 Å². The summed E-state index contributed by atoms with van der Waals surface area (Å²) in [6.07, 6.45) is 8.61. The molecule has 0 radical (unpaired) electrons. The molecule has 3 heteroatoms. The highest BCUT2D eigenvalue weighted by atomic mass is 15.2. The third-order valence-corrected chi connectivity index (χ3v) is 6.48. The zero-order valence-corrected chi connectivity index (χ0v) is 14.2. The van der Waals surface area contributed by atoms with E-state index in [4.69, 9.17) is 0 Å². The van der Waals surface area contributed by atoms with E-state index >= 15 is 0 Å². The minimum Gasteiger partial charge on any atom is -0.317 e. The molecule has 1 N–H and O–H groups in total. The third kappa shape index (κ3) is 4.00. The number of nitrogens with one attached hydrogen (secondary N) is 1. The molecule has 3 heterocycles. The number of rotatable bonds is 3. The minimum atomic E-state index is 0.704. The van der Waals surface area contributed by atoms with E-state index in [1.54, 1.807) is 0 Å². The summed E-state index contributed by atoms with van der Waals surface area (Å²) in [6.45, 7) is 14.0. The first-order chi connectivity index (χ1) is 10.2. The van der Waals surface area contributed by atoms with Gasteiger partial charge >= 0.3 is 0 Å². The van der Waals surface area contributed by atoms with Gasteiger partial charge < -0.3 is 15.1 Å². The van der Waals surface area contributed by atoms with Crippen molar-refractivity contribution in [2.45, 2.75) is 58.4 Å². The Morgan fingerprint density at radius 1 is 0.952 bits per heavy atom. The predicted molar refractivity (Wildman–Crippen MR) is 89.6 cm³/mol. The van der Waals surface area contributed by atoms with Crippen molar-refractivity contribution < 1.29 is 0 Å². The molecule has 122 valence electrons. The highest BCUT2D eigenvalue weighted by Crippen LogP contribution is 2.41. The van der Waals surface area contributed by atoms with Gasteiger partial charge in [0, 0.05) is 12.6 Å². The maximum absolute atomic E-state index is 3.49. The summed E-state index contributed by atoms with van der Waals surface area (Å²) in [5.41, 5.74) is 0.704. The van der Waals surface area contributed by atoms with Gasteiger partial charge in [0.25, 0.3) is 0 Å². The van der Waals surface area contributed by atoms with Crippen LogP contribution in [0.4, 0.5) is 0 Å².